The van der Waals surface area contributed by atoms with Gasteiger partial charge >= 0.3 is 5.97 Å². The van der Waals surface area contributed by atoms with E-state index in [2.05, 4.69) is 43.3 Å². The summed E-state index contributed by atoms with van der Waals surface area (Å²) < 4.78 is 0. The van der Waals surface area contributed by atoms with Crippen molar-refractivity contribution in [3.63, 3.8) is 0 Å². The van der Waals surface area contributed by atoms with Crippen LogP contribution in [0.4, 0.5) is 0 Å². The van der Waals surface area contributed by atoms with Gasteiger partial charge in [0.1, 0.15) is 0 Å². The monoisotopic (exact) mass is 467 g/mol. The number of carboxylic acids is 1. The molecule has 0 spiro atoms. The van der Waals surface area contributed by atoms with Crippen molar-refractivity contribution in [1.29, 1.82) is 0 Å². The average Bonchev–Trinajstić information content (AvgIpc) is 3.16. The van der Waals surface area contributed by atoms with Gasteiger partial charge in [-0.1, -0.05) is 54.6 Å². The van der Waals surface area contributed by atoms with E-state index in [0.717, 1.165) is 62.9 Å². The minimum atomic E-state index is -0.965. The van der Waals surface area contributed by atoms with Crippen LogP contribution >= 0.6 is 11.8 Å². The second-order valence-corrected chi connectivity index (χ2v) is 9.95. The number of nitrogens with zero attached hydrogens (tertiary/aromatic N) is 1. The van der Waals surface area contributed by atoms with Gasteiger partial charge in [0.25, 0.3) is 0 Å². The van der Waals surface area contributed by atoms with Crippen LogP contribution < -0.4 is 0 Å². The second-order valence-electron chi connectivity index (χ2n) is 8.85. The molecule has 1 saturated carbocycles. The molecule has 2 aliphatic rings. The number of hydrogen-bond donors (Lipinski definition) is 1. The number of rotatable bonds is 6. The molecule has 34 heavy (non-hydrogen) atoms. The second kappa shape index (κ2) is 9.43. The van der Waals surface area contributed by atoms with E-state index in [-0.39, 0.29) is 5.12 Å². The molecule has 1 aliphatic carbocycles. The Bertz CT molecular complexity index is 1330. The molecule has 0 saturated heterocycles. The zero-order valence-corrected chi connectivity index (χ0v) is 19.8. The first-order valence-electron chi connectivity index (χ1n) is 11.5. The van der Waals surface area contributed by atoms with Gasteiger partial charge in [0.05, 0.1) is 5.69 Å². The van der Waals surface area contributed by atoms with Gasteiger partial charge in [-0.15, -0.1) is 0 Å². The highest BCUT2D eigenvalue weighted by molar-refractivity contribution is 8.14. The molecular formula is C29H25NO3S. The summed E-state index contributed by atoms with van der Waals surface area (Å²) in [5.74, 6) is -0.535. The summed E-state index contributed by atoms with van der Waals surface area (Å²) in [7, 11) is 0. The zero-order valence-electron chi connectivity index (χ0n) is 19.0. The predicted molar refractivity (Wildman–Crippen MR) is 136 cm³/mol. The van der Waals surface area contributed by atoms with Gasteiger partial charge in [-0.2, -0.15) is 0 Å². The Kier molecular flexibility index (Phi) is 6.20. The topological polar surface area (TPSA) is 67.3 Å². The van der Waals surface area contributed by atoms with E-state index in [1.165, 1.54) is 23.8 Å². The lowest BCUT2D eigenvalue weighted by molar-refractivity contribution is -0.131. The Morgan fingerprint density at radius 3 is 2.53 bits per heavy atom. The molecule has 5 rings (SSSR count). The number of aliphatic carboxylic acids is 1. The van der Waals surface area contributed by atoms with Crippen LogP contribution in [0.25, 0.3) is 17.2 Å². The Morgan fingerprint density at radius 1 is 1.09 bits per heavy atom. The zero-order chi connectivity index (χ0) is 23.7. The standard InChI is InChI=1S/C29H25NO3S/c1-18-4-3-15-30-29(18)28(20-5-2-6-20)27(21-10-7-19(8-11-21)9-14-25(31)32)22-12-13-24-23(16-22)17-26(33)34-24/h3-4,7-16,20H,2,5-6,17H2,1H3,(H,31,32)/b14-9+,28-27+. The number of benzene rings is 2. The van der Waals surface area contributed by atoms with Gasteiger partial charge in [0, 0.05) is 23.6 Å². The lowest BCUT2D eigenvalue weighted by Gasteiger charge is -2.31. The minimum absolute atomic E-state index is 0.187. The summed E-state index contributed by atoms with van der Waals surface area (Å²) in [6.07, 6.45) is 8.54. The number of thioether (sulfide) groups is 1. The van der Waals surface area contributed by atoms with Crippen molar-refractivity contribution in [3.8, 4) is 0 Å². The maximum atomic E-state index is 12.1. The van der Waals surface area contributed by atoms with Crippen molar-refractivity contribution in [1.82, 2.24) is 4.98 Å². The van der Waals surface area contributed by atoms with Crippen LogP contribution in [0.15, 0.2) is 71.8 Å². The van der Waals surface area contributed by atoms with Crippen molar-refractivity contribution in [2.24, 2.45) is 5.92 Å². The van der Waals surface area contributed by atoms with Gasteiger partial charge in [-0.25, -0.2) is 4.79 Å². The molecule has 0 amide bonds. The molecule has 170 valence electrons. The highest BCUT2D eigenvalue weighted by atomic mass is 32.2. The van der Waals surface area contributed by atoms with Gasteiger partial charge in [-0.05, 0) is 88.9 Å². The van der Waals surface area contributed by atoms with Crippen LogP contribution in [0.5, 0.6) is 0 Å². The SMILES string of the molecule is Cc1cccnc1/C(=C(\c1ccc(/C=C/C(=O)O)cc1)c1ccc2c(c1)CC(=O)S2)C1CCC1. The summed E-state index contributed by atoms with van der Waals surface area (Å²) in [5, 5.41) is 9.14. The lowest BCUT2D eigenvalue weighted by Crippen LogP contribution is -2.16. The fraction of sp³-hybridized carbons (Fsp3) is 0.207. The maximum Gasteiger partial charge on any atom is 0.328 e. The van der Waals surface area contributed by atoms with E-state index in [1.54, 1.807) is 6.08 Å². The fourth-order valence-electron chi connectivity index (χ4n) is 4.67. The molecule has 4 nitrogen and oxygen atoms in total. The number of hydrogen-bond acceptors (Lipinski definition) is 4. The average molecular weight is 468 g/mol. The van der Waals surface area contributed by atoms with Crippen molar-refractivity contribution < 1.29 is 14.7 Å². The highest BCUT2D eigenvalue weighted by Crippen LogP contribution is 2.46. The van der Waals surface area contributed by atoms with Crippen LogP contribution in [-0.2, 0) is 16.0 Å². The van der Waals surface area contributed by atoms with E-state index < -0.39 is 5.97 Å². The largest absolute Gasteiger partial charge is 0.478 e. The van der Waals surface area contributed by atoms with E-state index in [1.807, 2.05) is 24.4 Å². The number of aromatic nitrogens is 1. The molecule has 1 fully saturated rings. The number of allylic oxidation sites excluding steroid dienone is 1. The quantitative estimate of drug-likeness (QED) is 0.424. The minimum Gasteiger partial charge on any atom is -0.478 e. The molecule has 1 aromatic heterocycles. The first-order valence-corrected chi connectivity index (χ1v) is 12.3. The molecule has 2 heterocycles. The third kappa shape index (κ3) is 4.48. The molecule has 3 aromatic rings. The van der Waals surface area contributed by atoms with Crippen LogP contribution in [0.3, 0.4) is 0 Å². The van der Waals surface area contributed by atoms with Gasteiger partial charge < -0.3 is 5.11 Å². The summed E-state index contributed by atoms with van der Waals surface area (Å²) in [6, 6.07) is 18.4. The molecular weight excluding hydrogens is 442 g/mol. The molecule has 1 N–H and O–H groups in total. The van der Waals surface area contributed by atoms with Crippen LogP contribution in [0.1, 0.15) is 52.8 Å². The summed E-state index contributed by atoms with van der Waals surface area (Å²) in [4.78, 5) is 28.8. The first-order chi connectivity index (χ1) is 16.5. The maximum absolute atomic E-state index is 12.1. The van der Waals surface area contributed by atoms with Crippen LogP contribution in [-0.4, -0.2) is 21.2 Å². The third-order valence-electron chi connectivity index (χ3n) is 6.57. The molecule has 2 aromatic carbocycles. The van der Waals surface area contributed by atoms with Crippen molar-refractivity contribution in [2.45, 2.75) is 37.5 Å². The number of carbonyl (C=O) groups is 2. The highest BCUT2D eigenvalue weighted by Gasteiger charge is 2.29. The third-order valence-corrected chi connectivity index (χ3v) is 7.56. The molecule has 5 heteroatoms. The molecule has 0 bridgehead atoms. The number of carbonyl (C=O) groups excluding carboxylic acids is 1. The fourth-order valence-corrected chi connectivity index (χ4v) is 5.54. The Balaban J connectivity index is 1.72. The van der Waals surface area contributed by atoms with Crippen LogP contribution in [0.2, 0.25) is 0 Å². The van der Waals surface area contributed by atoms with E-state index in [4.69, 9.17) is 10.1 Å². The van der Waals surface area contributed by atoms with Crippen LogP contribution in [0, 0.1) is 12.8 Å². The molecule has 0 unspecified atom stereocenters. The molecule has 0 radical (unpaired) electrons. The first kappa shape index (κ1) is 22.4. The smallest absolute Gasteiger partial charge is 0.328 e. The molecule has 1 aliphatic heterocycles. The number of fused-ring (bicyclic) bond motifs is 1. The van der Waals surface area contributed by atoms with Crippen molar-refractivity contribution in [2.75, 3.05) is 0 Å². The van der Waals surface area contributed by atoms with Gasteiger partial charge in [0.15, 0.2) is 5.12 Å². The van der Waals surface area contributed by atoms with Gasteiger partial charge in [0.2, 0.25) is 0 Å². The number of aryl methyl sites for hydroxylation is 1. The Labute approximate surface area is 203 Å². The summed E-state index contributed by atoms with van der Waals surface area (Å²) in [5.41, 5.74) is 8.66. The van der Waals surface area contributed by atoms with E-state index in [0.29, 0.717) is 12.3 Å². The van der Waals surface area contributed by atoms with Crippen molar-refractivity contribution in [3.05, 3.63) is 100 Å². The summed E-state index contributed by atoms with van der Waals surface area (Å²) >= 11 is 1.32. The van der Waals surface area contributed by atoms with Gasteiger partial charge in [-0.3, -0.25) is 9.78 Å². The van der Waals surface area contributed by atoms with E-state index >= 15 is 0 Å². The molecule has 0 atom stereocenters. The Morgan fingerprint density at radius 2 is 1.85 bits per heavy atom. The summed E-state index contributed by atoms with van der Waals surface area (Å²) in [6.45, 7) is 2.11. The normalized spacial score (nSPS) is 16.3. The number of pyridine rings is 1. The van der Waals surface area contributed by atoms with Crippen molar-refractivity contribution >= 4 is 40.1 Å². The van der Waals surface area contributed by atoms with E-state index in [9.17, 15) is 9.59 Å². The predicted octanol–water partition coefficient (Wildman–Crippen LogP) is 6.42. The Hall–Kier alpha value is -3.44. The lowest BCUT2D eigenvalue weighted by atomic mass is 9.73. The number of carboxylic acid groups (broad SMARTS) is 1.